The number of benzene rings is 1. The number of methoxy groups -OCH3 is 1. The SMILES string of the molecule is COc1cccc(C(=O)OCCO)c1N. The van der Waals surface area contributed by atoms with E-state index in [1.165, 1.54) is 13.2 Å². The minimum Gasteiger partial charge on any atom is -0.495 e. The van der Waals surface area contributed by atoms with E-state index in [0.717, 1.165) is 0 Å². The lowest BCUT2D eigenvalue weighted by atomic mass is 10.1. The average Bonchev–Trinajstić information content (AvgIpc) is 2.26. The smallest absolute Gasteiger partial charge is 0.340 e. The third-order valence-corrected chi connectivity index (χ3v) is 1.83. The summed E-state index contributed by atoms with van der Waals surface area (Å²) in [4.78, 5) is 11.4. The van der Waals surface area contributed by atoms with E-state index < -0.39 is 5.97 Å². The summed E-state index contributed by atoms with van der Waals surface area (Å²) in [5.74, 6) is -0.145. The van der Waals surface area contributed by atoms with Crippen molar-refractivity contribution in [2.75, 3.05) is 26.1 Å². The number of nitrogens with two attached hydrogens (primary N) is 1. The Morgan fingerprint density at radius 1 is 1.53 bits per heavy atom. The van der Waals surface area contributed by atoms with Crippen LogP contribution in [0.4, 0.5) is 5.69 Å². The highest BCUT2D eigenvalue weighted by Crippen LogP contribution is 2.25. The van der Waals surface area contributed by atoms with Crippen molar-refractivity contribution in [2.45, 2.75) is 0 Å². The molecule has 0 aromatic heterocycles. The fraction of sp³-hybridized carbons (Fsp3) is 0.300. The van der Waals surface area contributed by atoms with Crippen LogP contribution in [0, 0.1) is 0 Å². The number of carbonyl (C=O) groups is 1. The molecule has 0 aliphatic heterocycles. The second-order valence-corrected chi connectivity index (χ2v) is 2.78. The van der Waals surface area contributed by atoms with E-state index in [9.17, 15) is 4.79 Å². The zero-order valence-corrected chi connectivity index (χ0v) is 8.40. The quantitative estimate of drug-likeness (QED) is 0.557. The van der Waals surface area contributed by atoms with E-state index in [0.29, 0.717) is 5.75 Å². The lowest BCUT2D eigenvalue weighted by Crippen LogP contribution is -2.11. The summed E-state index contributed by atoms with van der Waals surface area (Å²) in [5.41, 5.74) is 6.16. The molecule has 0 saturated carbocycles. The van der Waals surface area contributed by atoms with Crippen LogP contribution in [-0.4, -0.2) is 31.4 Å². The first-order valence-corrected chi connectivity index (χ1v) is 4.41. The van der Waals surface area contributed by atoms with E-state index in [-0.39, 0.29) is 24.5 Å². The highest BCUT2D eigenvalue weighted by Gasteiger charge is 2.13. The topological polar surface area (TPSA) is 81.8 Å². The molecular formula is C10H13NO4. The number of aliphatic hydroxyl groups excluding tert-OH is 1. The molecule has 0 spiro atoms. The van der Waals surface area contributed by atoms with Crippen molar-refractivity contribution in [3.05, 3.63) is 23.8 Å². The lowest BCUT2D eigenvalue weighted by molar-refractivity contribution is 0.0434. The van der Waals surface area contributed by atoms with Gasteiger partial charge in [-0.05, 0) is 12.1 Å². The first kappa shape index (κ1) is 11.3. The monoisotopic (exact) mass is 211 g/mol. The largest absolute Gasteiger partial charge is 0.495 e. The predicted octanol–water partition coefficient (Wildman–Crippen LogP) is 0.427. The normalized spacial score (nSPS) is 9.73. The Bertz CT molecular complexity index is 351. The van der Waals surface area contributed by atoms with Gasteiger partial charge in [0.2, 0.25) is 0 Å². The van der Waals surface area contributed by atoms with Gasteiger partial charge in [-0.15, -0.1) is 0 Å². The Morgan fingerprint density at radius 3 is 2.87 bits per heavy atom. The van der Waals surface area contributed by atoms with Gasteiger partial charge in [0.15, 0.2) is 0 Å². The number of ether oxygens (including phenoxy) is 2. The third kappa shape index (κ3) is 2.60. The fourth-order valence-corrected chi connectivity index (χ4v) is 1.12. The number of hydrogen-bond acceptors (Lipinski definition) is 5. The molecule has 0 unspecified atom stereocenters. The number of hydrogen-bond donors (Lipinski definition) is 2. The third-order valence-electron chi connectivity index (χ3n) is 1.83. The minimum absolute atomic E-state index is 0.0461. The molecule has 82 valence electrons. The van der Waals surface area contributed by atoms with Gasteiger partial charge in [-0.2, -0.15) is 0 Å². The molecule has 0 atom stereocenters. The molecule has 1 aromatic rings. The maximum absolute atomic E-state index is 11.4. The van der Waals surface area contributed by atoms with Crippen LogP contribution in [0.15, 0.2) is 18.2 Å². The number of aliphatic hydroxyl groups is 1. The first-order chi connectivity index (χ1) is 7.20. The summed E-state index contributed by atoms with van der Waals surface area (Å²) >= 11 is 0. The van der Waals surface area contributed by atoms with Gasteiger partial charge >= 0.3 is 5.97 Å². The number of anilines is 1. The van der Waals surface area contributed by atoms with Gasteiger partial charge in [0.1, 0.15) is 12.4 Å². The van der Waals surface area contributed by atoms with Gasteiger partial charge in [0, 0.05) is 0 Å². The summed E-state index contributed by atoms with van der Waals surface area (Å²) in [7, 11) is 1.47. The maximum atomic E-state index is 11.4. The first-order valence-electron chi connectivity index (χ1n) is 4.41. The Hall–Kier alpha value is -1.75. The standard InChI is InChI=1S/C10H13NO4/c1-14-8-4-2-3-7(9(8)11)10(13)15-6-5-12/h2-4,12H,5-6,11H2,1H3. The molecular weight excluding hydrogens is 198 g/mol. The van der Waals surface area contributed by atoms with Crippen LogP contribution in [0.3, 0.4) is 0 Å². The van der Waals surface area contributed by atoms with Crippen LogP contribution in [0.5, 0.6) is 5.75 Å². The highest BCUT2D eigenvalue weighted by molar-refractivity contribution is 5.96. The van der Waals surface area contributed by atoms with Crippen molar-refractivity contribution in [3.8, 4) is 5.75 Å². The van der Waals surface area contributed by atoms with Crippen molar-refractivity contribution in [3.63, 3.8) is 0 Å². The van der Waals surface area contributed by atoms with Gasteiger partial charge in [-0.3, -0.25) is 0 Å². The van der Waals surface area contributed by atoms with Gasteiger partial charge in [0.05, 0.1) is 25.0 Å². The number of carbonyl (C=O) groups excluding carboxylic acids is 1. The van der Waals surface area contributed by atoms with E-state index in [1.54, 1.807) is 12.1 Å². The van der Waals surface area contributed by atoms with E-state index >= 15 is 0 Å². The van der Waals surface area contributed by atoms with E-state index in [2.05, 4.69) is 0 Å². The molecule has 0 aliphatic carbocycles. The molecule has 1 aromatic carbocycles. The molecule has 0 aliphatic rings. The molecule has 0 bridgehead atoms. The summed E-state index contributed by atoms with van der Waals surface area (Å²) in [6.07, 6.45) is 0. The molecule has 0 radical (unpaired) electrons. The molecule has 3 N–H and O–H groups in total. The predicted molar refractivity (Wildman–Crippen MR) is 54.8 cm³/mol. The van der Waals surface area contributed by atoms with Crippen LogP contribution in [0.1, 0.15) is 10.4 Å². The zero-order chi connectivity index (χ0) is 11.3. The number of rotatable bonds is 4. The van der Waals surface area contributed by atoms with Crippen LogP contribution in [0.25, 0.3) is 0 Å². The van der Waals surface area contributed by atoms with Gasteiger partial charge in [0.25, 0.3) is 0 Å². The Kier molecular flexibility index (Phi) is 3.93. The van der Waals surface area contributed by atoms with Crippen LogP contribution >= 0.6 is 0 Å². The van der Waals surface area contributed by atoms with E-state index in [1.807, 2.05) is 0 Å². The second-order valence-electron chi connectivity index (χ2n) is 2.78. The fourth-order valence-electron chi connectivity index (χ4n) is 1.12. The average molecular weight is 211 g/mol. The summed E-state index contributed by atoms with van der Waals surface area (Å²) in [6.45, 7) is -0.259. The molecule has 5 nitrogen and oxygen atoms in total. The number of nitrogen functional groups attached to an aromatic ring is 1. The van der Waals surface area contributed by atoms with Gasteiger partial charge < -0.3 is 20.3 Å². The molecule has 5 heteroatoms. The Morgan fingerprint density at radius 2 is 2.27 bits per heavy atom. The van der Waals surface area contributed by atoms with Crippen molar-refractivity contribution in [2.24, 2.45) is 0 Å². The summed E-state index contributed by atoms with van der Waals surface area (Å²) < 4.78 is 9.69. The molecule has 0 saturated heterocycles. The highest BCUT2D eigenvalue weighted by atomic mass is 16.5. The van der Waals surface area contributed by atoms with Gasteiger partial charge in [-0.25, -0.2) is 4.79 Å². The Balaban J connectivity index is 2.89. The zero-order valence-electron chi connectivity index (χ0n) is 8.40. The summed E-state index contributed by atoms with van der Waals surface area (Å²) in [6, 6.07) is 4.83. The number of esters is 1. The van der Waals surface area contributed by atoms with Crippen LogP contribution < -0.4 is 10.5 Å². The Labute approximate surface area is 87.4 Å². The van der Waals surface area contributed by atoms with Crippen molar-refractivity contribution < 1.29 is 19.4 Å². The van der Waals surface area contributed by atoms with Crippen LogP contribution in [0.2, 0.25) is 0 Å². The van der Waals surface area contributed by atoms with E-state index in [4.69, 9.17) is 20.3 Å². The van der Waals surface area contributed by atoms with Crippen molar-refractivity contribution >= 4 is 11.7 Å². The van der Waals surface area contributed by atoms with Crippen molar-refractivity contribution in [1.82, 2.24) is 0 Å². The maximum Gasteiger partial charge on any atom is 0.340 e. The molecule has 15 heavy (non-hydrogen) atoms. The molecule has 0 fully saturated rings. The van der Waals surface area contributed by atoms with Gasteiger partial charge in [-0.1, -0.05) is 6.07 Å². The minimum atomic E-state index is -0.569. The lowest BCUT2D eigenvalue weighted by Gasteiger charge is -2.08. The van der Waals surface area contributed by atoms with Crippen LogP contribution in [-0.2, 0) is 4.74 Å². The summed E-state index contributed by atoms with van der Waals surface area (Å²) in [5, 5.41) is 8.50. The second kappa shape index (κ2) is 5.21. The molecule has 0 amide bonds. The van der Waals surface area contributed by atoms with Crippen molar-refractivity contribution in [1.29, 1.82) is 0 Å². The number of para-hydroxylation sites is 1. The molecule has 0 heterocycles. The molecule has 1 rings (SSSR count).